The molecule has 1 N–H and O–H groups in total. The van der Waals surface area contributed by atoms with Crippen LogP contribution in [0, 0.1) is 0 Å². The number of nitrogens with one attached hydrogen (secondary N) is 1. The first-order valence-corrected chi connectivity index (χ1v) is 8.34. The summed E-state index contributed by atoms with van der Waals surface area (Å²) in [6.07, 6.45) is 1.14. The van der Waals surface area contributed by atoms with E-state index in [2.05, 4.69) is 10.3 Å². The normalized spacial score (nSPS) is 11.7. The Balaban J connectivity index is 4.42. The lowest BCUT2D eigenvalue weighted by Crippen LogP contribution is -2.45. The molecule has 0 spiro atoms. The van der Waals surface area contributed by atoms with Gasteiger partial charge in [0.25, 0.3) is 0 Å². The highest BCUT2D eigenvalue weighted by atomic mass is 16.5. The lowest BCUT2D eigenvalue weighted by molar-refractivity contribution is -0.131. The second-order valence-corrected chi connectivity index (χ2v) is 5.43. The van der Waals surface area contributed by atoms with Crippen LogP contribution in [0.15, 0.2) is 4.99 Å². The summed E-state index contributed by atoms with van der Waals surface area (Å²) >= 11 is 0. The molecule has 0 radical (unpaired) electrons. The molecule has 0 atom stereocenters. The van der Waals surface area contributed by atoms with Crippen LogP contribution in [0.2, 0.25) is 0 Å². The zero-order chi connectivity index (χ0) is 17.0. The van der Waals surface area contributed by atoms with E-state index in [4.69, 9.17) is 4.74 Å². The highest BCUT2D eigenvalue weighted by Crippen LogP contribution is 1.95. The summed E-state index contributed by atoms with van der Waals surface area (Å²) in [5, 5.41) is 3.23. The van der Waals surface area contributed by atoms with Gasteiger partial charge in [0.1, 0.15) is 0 Å². The van der Waals surface area contributed by atoms with Crippen LogP contribution in [0.1, 0.15) is 41.0 Å². The third kappa shape index (κ3) is 8.87. The molecule has 0 fully saturated rings. The number of amides is 1. The van der Waals surface area contributed by atoms with Crippen LogP contribution in [-0.4, -0.2) is 74.1 Å². The van der Waals surface area contributed by atoms with E-state index in [0.29, 0.717) is 19.7 Å². The van der Waals surface area contributed by atoms with Crippen molar-refractivity contribution in [3.8, 4) is 0 Å². The summed E-state index contributed by atoms with van der Waals surface area (Å²) in [7, 11) is 1.90. The number of hydrogen-bond acceptors (Lipinski definition) is 3. The minimum absolute atomic E-state index is 0.126. The quantitative estimate of drug-likeness (QED) is 0.378. The Morgan fingerprint density at radius 1 is 1.23 bits per heavy atom. The molecule has 0 aromatic carbocycles. The Kier molecular flexibility index (Phi) is 11.5. The lowest BCUT2D eigenvalue weighted by atomic mass is 10.4. The minimum Gasteiger partial charge on any atom is -0.379 e. The molecule has 22 heavy (non-hydrogen) atoms. The van der Waals surface area contributed by atoms with Crippen LogP contribution >= 0.6 is 0 Å². The second kappa shape index (κ2) is 12.3. The van der Waals surface area contributed by atoms with E-state index in [1.807, 2.05) is 51.5 Å². The van der Waals surface area contributed by atoms with Gasteiger partial charge in [-0.1, -0.05) is 0 Å². The van der Waals surface area contributed by atoms with Gasteiger partial charge in [-0.15, -0.1) is 0 Å². The van der Waals surface area contributed by atoms with Crippen molar-refractivity contribution < 1.29 is 9.53 Å². The van der Waals surface area contributed by atoms with Crippen LogP contribution in [0.4, 0.5) is 0 Å². The van der Waals surface area contributed by atoms with Gasteiger partial charge in [-0.25, -0.2) is 0 Å². The van der Waals surface area contributed by atoms with E-state index in [0.717, 1.165) is 32.0 Å². The number of carbonyl (C=O) groups is 1. The Labute approximate surface area is 135 Å². The van der Waals surface area contributed by atoms with Crippen molar-refractivity contribution in [2.45, 2.75) is 47.1 Å². The van der Waals surface area contributed by atoms with E-state index < -0.39 is 0 Å². The molecule has 1 amide bonds. The number of aliphatic imine (C=N–C) groups is 1. The SMILES string of the molecule is CCNC(=NCCCOC(C)C)N(C)CC(=O)N(CC)CC. The maximum atomic E-state index is 12.2. The largest absolute Gasteiger partial charge is 0.379 e. The predicted octanol–water partition coefficient (Wildman–Crippen LogP) is 1.57. The van der Waals surface area contributed by atoms with Crippen molar-refractivity contribution in [1.82, 2.24) is 15.1 Å². The average Bonchev–Trinajstić information content (AvgIpc) is 2.46. The van der Waals surface area contributed by atoms with Crippen LogP contribution < -0.4 is 5.32 Å². The average molecular weight is 314 g/mol. The molecule has 6 heteroatoms. The summed E-state index contributed by atoms with van der Waals surface area (Å²) in [4.78, 5) is 20.4. The molecule has 0 unspecified atom stereocenters. The number of nitrogens with zero attached hydrogens (tertiary/aromatic N) is 3. The van der Waals surface area contributed by atoms with Crippen molar-refractivity contribution in [1.29, 1.82) is 0 Å². The zero-order valence-corrected chi connectivity index (χ0v) is 15.2. The second-order valence-electron chi connectivity index (χ2n) is 5.43. The van der Waals surface area contributed by atoms with Gasteiger partial charge in [-0.2, -0.15) is 0 Å². The molecule has 0 aliphatic heterocycles. The molecule has 0 aliphatic carbocycles. The Morgan fingerprint density at radius 3 is 2.36 bits per heavy atom. The Hall–Kier alpha value is -1.30. The minimum atomic E-state index is 0.126. The van der Waals surface area contributed by atoms with Gasteiger partial charge in [-0.3, -0.25) is 9.79 Å². The molecule has 0 bridgehead atoms. The van der Waals surface area contributed by atoms with E-state index in [-0.39, 0.29) is 12.0 Å². The van der Waals surface area contributed by atoms with E-state index in [9.17, 15) is 4.79 Å². The molecule has 130 valence electrons. The van der Waals surface area contributed by atoms with Crippen LogP contribution in [0.3, 0.4) is 0 Å². The van der Waals surface area contributed by atoms with Gasteiger partial charge >= 0.3 is 0 Å². The number of carbonyl (C=O) groups excluding carboxylic acids is 1. The Morgan fingerprint density at radius 2 is 1.86 bits per heavy atom. The highest BCUT2D eigenvalue weighted by Gasteiger charge is 2.14. The molecule has 0 aliphatic rings. The van der Waals surface area contributed by atoms with Gasteiger partial charge in [0.15, 0.2) is 5.96 Å². The Bertz CT molecular complexity index is 328. The maximum Gasteiger partial charge on any atom is 0.242 e. The van der Waals surface area contributed by atoms with Crippen molar-refractivity contribution in [2.75, 3.05) is 46.4 Å². The van der Waals surface area contributed by atoms with E-state index in [1.165, 1.54) is 0 Å². The van der Waals surface area contributed by atoms with Crippen molar-refractivity contribution in [3.63, 3.8) is 0 Å². The molecule has 0 aromatic rings. The van der Waals surface area contributed by atoms with Crippen molar-refractivity contribution >= 4 is 11.9 Å². The smallest absolute Gasteiger partial charge is 0.242 e. The standard InChI is InChI=1S/C16H34N4O2/c1-7-17-16(18-11-10-12-22-14(4)5)19(6)13-15(21)20(8-2)9-3/h14H,7-13H2,1-6H3,(H,17,18). The van der Waals surface area contributed by atoms with Gasteiger partial charge in [0.2, 0.25) is 5.91 Å². The van der Waals surface area contributed by atoms with Gasteiger partial charge in [0.05, 0.1) is 12.6 Å². The molecule has 0 rings (SSSR count). The van der Waals surface area contributed by atoms with Gasteiger partial charge in [-0.05, 0) is 41.0 Å². The molecule has 0 saturated heterocycles. The molecule has 0 heterocycles. The summed E-state index contributed by atoms with van der Waals surface area (Å²) in [6, 6.07) is 0. The van der Waals surface area contributed by atoms with E-state index >= 15 is 0 Å². The number of rotatable bonds is 10. The van der Waals surface area contributed by atoms with Crippen LogP contribution in [0.5, 0.6) is 0 Å². The zero-order valence-electron chi connectivity index (χ0n) is 15.2. The lowest BCUT2D eigenvalue weighted by Gasteiger charge is -2.25. The number of likely N-dealkylation sites (N-methyl/N-ethyl adjacent to an activating group) is 2. The first-order valence-electron chi connectivity index (χ1n) is 8.34. The van der Waals surface area contributed by atoms with Gasteiger partial charge < -0.3 is 19.9 Å². The summed E-state index contributed by atoms with van der Waals surface area (Å²) in [5.41, 5.74) is 0. The summed E-state index contributed by atoms with van der Waals surface area (Å²) in [6.45, 7) is 14.1. The number of hydrogen-bond donors (Lipinski definition) is 1. The molecule has 6 nitrogen and oxygen atoms in total. The molecule has 0 aromatic heterocycles. The fourth-order valence-electron chi connectivity index (χ4n) is 1.99. The van der Waals surface area contributed by atoms with Gasteiger partial charge in [0, 0.05) is 39.8 Å². The predicted molar refractivity (Wildman–Crippen MR) is 92.2 cm³/mol. The maximum absolute atomic E-state index is 12.2. The molecule has 0 saturated carbocycles. The third-order valence-electron chi connectivity index (χ3n) is 3.20. The first kappa shape index (κ1) is 20.7. The van der Waals surface area contributed by atoms with Crippen molar-refractivity contribution in [3.05, 3.63) is 0 Å². The summed E-state index contributed by atoms with van der Waals surface area (Å²) in [5.74, 6) is 0.897. The molecular weight excluding hydrogens is 280 g/mol. The van der Waals surface area contributed by atoms with Crippen LogP contribution in [0.25, 0.3) is 0 Å². The fraction of sp³-hybridized carbons (Fsp3) is 0.875. The fourth-order valence-corrected chi connectivity index (χ4v) is 1.99. The van der Waals surface area contributed by atoms with Crippen LogP contribution in [-0.2, 0) is 9.53 Å². The topological polar surface area (TPSA) is 57.2 Å². The number of ether oxygens (including phenoxy) is 1. The molecular formula is C16H34N4O2. The third-order valence-corrected chi connectivity index (χ3v) is 3.20. The highest BCUT2D eigenvalue weighted by molar-refractivity contribution is 5.86. The van der Waals surface area contributed by atoms with E-state index in [1.54, 1.807) is 0 Å². The monoisotopic (exact) mass is 314 g/mol. The van der Waals surface area contributed by atoms with Crippen molar-refractivity contribution in [2.24, 2.45) is 4.99 Å². The summed E-state index contributed by atoms with van der Waals surface area (Å²) < 4.78 is 5.51. The first-order chi connectivity index (χ1) is 10.5. The number of guanidine groups is 1.